The topological polar surface area (TPSA) is 52.3 Å². The maximum atomic E-state index is 9.71. The molecule has 0 rings (SSSR count). The number of hydrogen-bond donors (Lipinski definition) is 1. The normalized spacial score (nSPS) is 13.0. The lowest BCUT2D eigenvalue weighted by molar-refractivity contribution is 0.170. The molecule has 0 aromatic heterocycles. The summed E-state index contributed by atoms with van der Waals surface area (Å²) in [4.78, 5) is 9.71. The van der Waals surface area contributed by atoms with Gasteiger partial charge in [0.15, 0.2) is 0 Å². The molecular formula is C2H3ClINO2. The molecule has 0 radical (unpaired) electrons. The third-order valence-electron chi connectivity index (χ3n) is 0.205. The quantitative estimate of drug-likeness (QED) is 0.243. The SMILES string of the molecule is NC(I)OC(=O)Cl. The highest BCUT2D eigenvalue weighted by molar-refractivity contribution is 14.1. The van der Waals surface area contributed by atoms with Crippen LogP contribution in [-0.4, -0.2) is 9.66 Å². The van der Waals surface area contributed by atoms with Crippen LogP contribution in [-0.2, 0) is 4.74 Å². The monoisotopic (exact) mass is 235 g/mol. The van der Waals surface area contributed by atoms with Crippen molar-refractivity contribution in [1.29, 1.82) is 0 Å². The summed E-state index contributed by atoms with van der Waals surface area (Å²) in [7, 11) is 0. The minimum atomic E-state index is -0.873. The van der Waals surface area contributed by atoms with Crippen LogP contribution in [0, 0.1) is 0 Å². The standard InChI is InChI=1S/C2H3ClINO2/c3-1(6)7-2(4)5/h2H,5H2. The van der Waals surface area contributed by atoms with Crippen molar-refractivity contribution in [2.24, 2.45) is 5.73 Å². The van der Waals surface area contributed by atoms with Gasteiger partial charge >= 0.3 is 5.43 Å². The Labute approximate surface area is 59.3 Å². The summed E-state index contributed by atoms with van der Waals surface area (Å²) in [5.41, 5.74) is 4.08. The number of ether oxygens (including phenoxy) is 1. The summed E-state index contributed by atoms with van der Waals surface area (Å²) in [6, 6.07) is 0. The predicted molar refractivity (Wildman–Crippen MR) is 34.3 cm³/mol. The van der Waals surface area contributed by atoms with Crippen LogP contribution in [0.3, 0.4) is 0 Å². The van der Waals surface area contributed by atoms with Gasteiger partial charge in [0.1, 0.15) is 0 Å². The molecule has 0 aliphatic carbocycles. The third kappa shape index (κ3) is 6.45. The van der Waals surface area contributed by atoms with Crippen LogP contribution in [0.1, 0.15) is 0 Å². The first-order valence-corrected chi connectivity index (χ1v) is 3.01. The molecule has 0 saturated heterocycles. The summed E-state index contributed by atoms with van der Waals surface area (Å²) < 4.78 is 3.50. The third-order valence-corrected chi connectivity index (χ3v) is 0.549. The lowest BCUT2D eigenvalue weighted by atomic mass is 11.3. The van der Waals surface area contributed by atoms with Crippen molar-refractivity contribution in [2.45, 2.75) is 4.23 Å². The van der Waals surface area contributed by atoms with E-state index in [1.54, 1.807) is 22.6 Å². The Kier molecular flexibility index (Phi) is 3.67. The van der Waals surface area contributed by atoms with E-state index in [4.69, 9.17) is 17.3 Å². The number of halogens is 2. The van der Waals surface area contributed by atoms with Crippen LogP contribution in [0.4, 0.5) is 4.79 Å². The highest BCUT2D eigenvalue weighted by Gasteiger charge is 1.98. The molecule has 0 heterocycles. The largest absolute Gasteiger partial charge is 0.426 e. The molecule has 0 aromatic carbocycles. The Hall–Kier alpha value is 0.450. The second-order valence-electron chi connectivity index (χ2n) is 0.707. The number of alkyl halides is 1. The van der Waals surface area contributed by atoms with Crippen molar-refractivity contribution in [3.63, 3.8) is 0 Å². The zero-order valence-electron chi connectivity index (χ0n) is 3.23. The highest BCUT2D eigenvalue weighted by Crippen LogP contribution is 1.96. The number of carbonyl (C=O) groups is 1. The van der Waals surface area contributed by atoms with Gasteiger partial charge in [-0.3, -0.25) is 5.73 Å². The van der Waals surface area contributed by atoms with Crippen molar-refractivity contribution in [2.75, 3.05) is 0 Å². The molecule has 0 bridgehead atoms. The van der Waals surface area contributed by atoms with Gasteiger partial charge in [0.2, 0.25) is 4.23 Å². The van der Waals surface area contributed by atoms with Crippen LogP contribution in [0.2, 0.25) is 0 Å². The Balaban J connectivity index is 3.13. The van der Waals surface area contributed by atoms with Gasteiger partial charge in [0.25, 0.3) is 0 Å². The molecule has 0 aliphatic heterocycles. The molecule has 3 nitrogen and oxygen atoms in total. The van der Waals surface area contributed by atoms with Gasteiger partial charge in [-0.15, -0.1) is 0 Å². The number of rotatable bonds is 1. The first-order valence-electron chi connectivity index (χ1n) is 1.38. The van der Waals surface area contributed by atoms with E-state index in [0.717, 1.165) is 0 Å². The highest BCUT2D eigenvalue weighted by atomic mass is 127. The summed E-state index contributed by atoms with van der Waals surface area (Å²) >= 11 is 6.43. The lowest BCUT2D eigenvalue weighted by Crippen LogP contribution is -2.16. The fourth-order valence-electron chi connectivity index (χ4n) is 0.0885. The van der Waals surface area contributed by atoms with Gasteiger partial charge in [-0.25, -0.2) is 4.79 Å². The van der Waals surface area contributed by atoms with Crippen LogP contribution >= 0.6 is 34.2 Å². The van der Waals surface area contributed by atoms with E-state index in [-0.39, 0.29) is 0 Å². The van der Waals surface area contributed by atoms with Crippen LogP contribution < -0.4 is 5.73 Å². The minimum Gasteiger partial charge on any atom is -0.426 e. The maximum absolute atomic E-state index is 9.71. The second kappa shape index (κ2) is 3.45. The summed E-state index contributed by atoms with van der Waals surface area (Å²) in [6.07, 6.45) is 0. The second-order valence-corrected chi connectivity index (χ2v) is 2.24. The van der Waals surface area contributed by atoms with E-state index in [1.807, 2.05) is 0 Å². The molecular weight excluding hydrogens is 232 g/mol. The van der Waals surface area contributed by atoms with Gasteiger partial charge in [-0.2, -0.15) is 0 Å². The summed E-state index contributed by atoms with van der Waals surface area (Å²) in [6.45, 7) is 0. The smallest absolute Gasteiger partial charge is 0.405 e. The van der Waals surface area contributed by atoms with Crippen molar-refractivity contribution < 1.29 is 9.53 Å². The van der Waals surface area contributed by atoms with Gasteiger partial charge in [0.05, 0.1) is 0 Å². The van der Waals surface area contributed by atoms with Gasteiger partial charge in [0, 0.05) is 11.6 Å². The van der Waals surface area contributed by atoms with Crippen LogP contribution in [0.15, 0.2) is 0 Å². The van der Waals surface area contributed by atoms with Crippen molar-refractivity contribution >= 4 is 39.6 Å². The van der Waals surface area contributed by atoms with E-state index in [2.05, 4.69) is 4.74 Å². The molecule has 0 aliphatic rings. The average molecular weight is 235 g/mol. The molecule has 0 spiro atoms. The van der Waals surface area contributed by atoms with Crippen molar-refractivity contribution in [3.8, 4) is 0 Å². The van der Waals surface area contributed by atoms with Crippen molar-refractivity contribution in [1.82, 2.24) is 0 Å². The fourth-order valence-corrected chi connectivity index (χ4v) is 0.566. The Bertz CT molecular complexity index is 76.1. The van der Waals surface area contributed by atoms with E-state index in [9.17, 15) is 4.79 Å². The minimum absolute atomic E-state index is 0.636. The Morgan fingerprint density at radius 1 is 2.00 bits per heavy atom. The first kappa shape index (κ1) is 7.45. The fraction of sp³-hybridized carbons (Fsp3) is 0.500. The molecule has 5 heteroatoms. The number of carbonyl (C=O) groups excluding carboxylic acids is 1. The van der Waals surface area contributed by atoms with E-state index >= 15 is 0 Å². The predicted octanol–water partition coefficient (Wildman–Crippen LogP) is 1.04. The number of hydrogen-bond acceptors (Lipinski definition) is 3. The molecule has 1 atom stereocenters. The van der Waals surface area contributed by atoms with Crippen LogP contribution in [0.5, 0.6) is 0 Å². The first-order chi connectivity index (χ1) is 3.13. The zero-order chi connectivity index (χ0) is 5.86. The van der Waals surface area contributed by atoms with E-state index < -0.39 is 9.66 Å². The molecule has 42 valence electrons. The molecule has 0 fully saturated rings. The van der Waals surface area contributed by atoms with Gasteiger partial charge < -0.3 is 4.74 Å². The van der Waals surface area contributed by atoms with Gasteiger partial charge in [-0.1, -0.05) is 0 Å². The number of nitrogens with two attached hydrogens (primary N) is 1. The molecule has 1 unspecified atom stereocenters. The average Bonchev–Trinajstić information content (AvgIpc) is 1.27. The zero-order valence-corrected chi connectivity index (χ0v) is 6.14. The van der Waals surface area contributed by atoms with Crippen LogP contribution in [0.25, 0.3) is 0 Å². The van der Waals surface area contributed by atoms with Crippen molar-refractivity contribution in [3.05, 3.63) is 0 Å². The molecule has 0 amide bonds. The lowest BCUT2D eigenvalue weighted by Gasteiger charge is -1.98. The van der Waals surface area contributed by atoms with E-state index in [0.29, 0.717) is 0 Å². The molecule has 2 N–H and O–H groups in total. The molecule has 0 aromatic rings. The van der Waals surface area contributed by atoms with Gasteiger partial charge in [-0.05, 0) is 22.6 Å². The summed E-state index contributed by atoms with van der Waals surface area (Å²) in [5, 5.41) is 0. The Morgan fingerprint density at radius 3 is 2.43 bits per heavy atom. The molecule has 7 heavy (non-hydrogen) atoms. The maximum Gasteiger partial charge on any atom is 0.405 e. The summed E-state index contributed by atoms with van der Waals surface area (Å²) in [5.74, 6) is 0. The molecule has 0 saturated carbocycles. The Morgan fingerprint density at radius 2 is 2.43 bits per heavy atom. The van der Waals surface area contributed by atoms with E-state index in [1.165, 1.54) is 0 Å².